The van der Waals surface area contributed by atoms with Crippen molar-refractivity contribution in [1.82, 2.24) is 14.8 Å². The molecule has 1 aliphatic carbocycles. The van der Waals surface area contributed by atoms with E-state index in [2.05, 4.69) is 27.1 Å². The standard InChI is InChI=1S/C16H28N4O2S/c1-18(10-15(21)11-20-5-7-22-8-6-20)9-13-12-23-16(17-13)19(2)14-3-4-14/h12,14-15,21H,3-11H2,1-2H3. The van der Waals surface area contributed by atoms with Gasteiger partial charge in [0.05, 0.1) is 25.0 Å². The van der Waals surface area contributed by atoms with Gasteiger partial charge in [-0.3, -0.25) is 9.80 Å². The highest BCUT2D eigenvalue weighted by atomic mass is 32.1. The molecule has 1 aromatic heterocycles. The Hall–Kier alpha value is -0.730. The maximum atomic E-state index is 10.3. The minimum absolute atomic E-state index is 0.328. The number of aliphatic hydroxyl groups is 1. The second kappa shape index (κ2) is 7.90. The second-order valence-electron chi connectivity index (χ2n) is 6.73. The van der Waals surface area contributed by atoms with Crippen LogP contribution in [0.2, 0.25) is 0 Å². The summed E-state index contributed by atoms with van der Waals surface area (Å²) in [6.07, 6.45) is 2.25. The third-order valence-electron chi connectivity index (χ3n) is 4.46. The summed E-state index contributed by atoms with van der Waals surface area (Å²) in [6, 6.07) is 0.696. The number of β-amino-alcohol motifs (C(OH)–C–C–N with tert-alkyl or cyclic N) is 1. The number of morpholine rings is 1. The van der Waals surface area contributed by atoms with Crippen LogP contribution in [0.1, 0.15) is 18.5 Å². The molecule has 2 fully saturated rings. The van der Waals surface area contributed by atoms with Gasteiger partial charge in [-0.05, 0) is 19.9 Å². The summed E-state index contributed by atoms with van der Waals surface area (Å²) in [5.41, 5.74) is 1.10. The molecule has 0 amide bonds. The van der Waals surface area contributed by atoms with Crippen molar-refractivity contribution in [3.63, 3.8) is 0 Å². The van der Waals surface area contributed by atoms with Crippen LogP contribution in [0, 0.1) is 0 Å². The van der Waals surface area contributed by atoms with Crippen LogP contribution in [-0.2, 0) is 11.3 Å². The lowest BCUT2D eigenvalue weighted by Crippen LogP contribution is -2.44. The summed E-state index contributed by atoms with van der Waals surface area (Å²) in [7, 11) is 4.18. The van der Waals surface area contributed by atoms with Crippen LogP contribution in [0.25, 0.3) is 0 Å². The van der Waals surface area contributed by atoms with Gasteiger partial charge in [0.15, 0.2) is 5.13 Å². The summed E-state index contributed by atoms with van der Waals surface area (Å²) in [4.78, 5) is 11.4. The van der Waals surface area contributed by atoms with Crippen molar-refractivity contribution in [1.29, 1.82) is 0 Å². The molecule has 0 aromatic carbocycles. The van der Waals surface area contributed by atoms with Gasteiger partial charge in [0, 0.05) is 51.2 Å². The molecule has 2 heterocycles. The Bertz CT molecular complexity index is 488. The number of thiazole rings is 1. The normalized spacial score (nSPS) is 20.9. The van der Waals surface area contributed by atoms with Gasteiger partial charge in [0.1, 0.15) is 0 Å². The topological polar surface area (TPSA) is 52.1 Å². The molecule has 1 unspecified atom stereocenters. The quantitative estimate of drug-likeness (QED) is 0.758. The number of anilines is 1. The van der Waals surface area contributed by atoms with E-state index >= 15 is 0 Å². The SMILES string of the molecule is CN(Cc1csc(N(C)C2CC2)n1)CC(O)CN1CCOCC1. The highest BCUT2D eigenvalue weighted by molar-refractivity contribution is 7.13. The highest BCUT2D eigenvalue weighted by Gasteiger charge is 2.28. The number of likely N-dealkylation sites (N-methyl/N-ethyl adjacent to an activating group) is 1. The number of hydrogen-bond acceptors (Lipinski definition) is 7. The molecule has 0 spiro atoms. The predicted octanol–water partition coefficient (Wildman–Crippen LogP) is 0.867. The molecule has 6 nitrogen and oxygen atoms in total. The maximum Gasteiger partial charge on any atom is 0.185 e. The third kappa shape index (κ3) is 5.12. The molecule has 1 N–H and O–H groups in total. The zero-order valence-corrected chi connectivity index (χ0v) is 15.0. The van der Waals surface area contributed by atoms with Gasteiger partial charge >= 0.3 is 0 Å². The fourth-order valence-corrected chi connectivity index (χ4v) is 3.84. The molecule has 1 saturated heterocycles. The van der Waals surface area contributed by atoms with E-state index in [1.807, 2.05) is 7.05 Å². The van der Waals surface area contributed by atoms with Crippen LogP contribution < -0.4 is 4.90 Å². The number of rotatable bonds is 8. The van der Waals surface area contributed by atoms with Crippen LogP contribution in [0.5, 0.6) is 0 Å². The summed E-state index contributed by atoms with van der Waals surface area (Å²) < 4.78 is 5.34. The van der Waals surface area contributed by atoms with Crippen molar-refractivity contribution in [2.75, 3.05) is 58.4 Å². The summed E-state index contributed by atoms with van der Waals surface area (Å²) in [5.74, 6) is 0. The van der Waals surface area contributed by atoms with E-state index in [1.165, 1.54) is 12.8 Å². The average molecular weight is 340 g/mol. The Morgan fingerprint density at radius 2 is 2.13 bits per heavy atom. The van der Waals surface area contributed by atoms with E-state index < -0.39 is 0 Å². The molecule has 1 aliphatic heterocycles. The predicted molar refractivity (Wildman–Crippen MR) is 93.1 cm³/mol. The minimum Gasteiger partial charge on any atom is -0.390 e. The van der Waals surface area contributed by atoms with E-state index in [-0.39, 0.29) is 6.10 Å². The van der Waals surface area contributed by atoms with Crippen LogP contribution in [0.4, 0.5) is 5.13 Å². The van der Waals surface area contributed by atoms with Gasteiger partial charge in [-0.2, -0.15) is 0 Å². The van der Waals surface area contributed by atoms with Crippen molar-refractivity contribution in [3.05, 3.63) is 11.1 Å². The molecular weight excluding hydrogens is 312 g/mol. The number of aliphatic hydroxyl groups excluding tert-OH is 1. The van der Waals surface area contributed by atoms with Gasteiger partial charge in [-0.15, -0.1) is 11.3 Å². The van der Waals surface area contributed by atoms with Gasteiger partial charge in [-0.1, -0.05) is 0 Å². The number of ether oxygens (including phenoxy) is 1. The van der Waals surface area contributed by atoms with Gasteiger partial charge in [0.2, 0.25) is 0 Å². The first-order valence-electron chi connectivity index (χ1n) is 8.46. The summed E-state index contributed by atoms with van der Waals surface area (Å²) in [6.45, 7) is 5.57. The molecule has 2 aliphatic rings. The minimum atomic E-state index is -0.328. The van der Waals surface area contributed by atoms with E-state index in [9.17, 15) is 5.11 Å². The van der Waals surface area contributed by atoms with E-state index in [1.54, 1.807) is 11.3 Å². The van der Waals surface area contributed by atoms with E-state index in [4.69, 9.17) is 9.72 Å². The van der Waals surface area contributed by atoms with Gasteiger partial charge in [-0.25, -0.2) is 4.98 Å². The zero-order chi connectivity index (χ0) is 16.2. The van der Waals surface area contributed by atoms with Gasteiger partial charge in [0.25, 0.3) is 0 Å². The smallest absolute Gasteiger partial charge is 0.185 e. The van der Waals surface area contributed by atoms with Crippen LogP contribution in [-0.4, -0.2) is 85.5 Å². The Balaban J connectivity index is 1.42. The molecular formula is C16H28N4O2S. The number of nitrogens with zero attached hydrogens (tertiary/aromatic N) is 4. The lowest BCUT2D eigenvalue weighted by atomic mass is 10.2. The lowest BCUT2D eigenvalue weighted by Gasteiger charge is -2.29. The third-order valence-corrected chi connectivity index (χ3v) is 5.44. The van der Waals surface area contributed by atoms with Crippen LogP contribution >= 0.6 is 11.3 Å². The summed E-state index contributed by atoms with van der Waals surface area (Å²) in [5, 5.41) is 13.5. The average Bonchev–Trinajstić information content (AvgIpc) is 3.27. The first-order valence-corrected chi connectivity index (χ1v) is 9.33. The van der Waals surface area contributed by atoms with Crippen LogP contribution in [0.3, 0.4) is 0 Å². The first kappa shape index (κ1) is 17.1. The Morgan fingerprint density at radius 3 is 2.83 bits per heavy atom. The van der Waals surface area contributed by atoms with Gasteiger partial charge < -0.3 is 14.7 Å². The van der Waals surface area contributed by atoms with Crippen molar-refractivity contribution < 1.29 is 9.84 Å². The Kier molecular flexibility index (Phi) is 5.87. The van der Waals surface area contributed by atoms with Crippen molar-refractivity contribution in [3.8, 4) is 0 Å². The lowest BCUT2D eigenvalue weighted by molar-refractivity contribution is 0.00820. The second-order valence-corrected chi connectivity index (χ2v) is 7.56. The van der Waals surface area contributed by atoms with E-state index in [0.717, 1.165) is 50.2 Å². The highest BCUT2D eigenvalue weighted by Crippen LogP contribution is 2.32. The molecule has 0 radical (unpaired) electrons. The molecule has 130 valence electrons. The van der Waals surface area contributed by atoms with E-state index in [0.29, 0.717) is 12.6 Å². The van der Waals surface area contributed by atoms with Crippen molar-refractivity contribution in [2.45, 2.75) is 31.5 Å². The first-order chi connectivity index (χ1) is 11.1. The number of hydrogen-bond donors (Lipinski definition) is 1. The fourth-order valence-electron chi connectivity index (χ4n) is 2.99. The molecule has 0 bridgehead atoms. The zero-order valence-electron chi connectivity index (χ0n) is 14.1. The van der Waals surface area contributed by atoms with Crippen molar-refractivity contribution >= 4 is 16.5 Å². The molecule has 7 heteroatoms. The molecule has 1 atom stereocenters. The van der Waals surface area contributed by atoms with Crippen molar-refractivity contribution in [2.24, 2.45) is 0 Å². The molecule has 23 heavy (non-hydrogen) atoms. The monoisotopic (exact) mass is 340 g/mol. The maximum absolute atomic E-state index is 10.3. The van der Waals surface area contributed by atoms with Crippen LogP contribution in [0.15, 0.2) is 5.38 Å². The molecule has 3 rings (SSSR count). The summed E-state index contributed by atoms with van der Waals surface area (Å²) >= 11 is 1.72. The fraction of sp³-hybridized carbons (Fsp3) is 0.812. The number of aromatic nitrogens is 1. The Morgan fingerprint density at radius 1 is 1.39 bits per heavy atom. The molecule has 1 saturated carbocycles. The Labute approximate surface area is 142 Å². The molecule has 1 aromatic rings. The largest absolute Gasteiger partial charge is 0.390 e.